The minimum atomic E-state index is 0.0144. The Morgan fingerprint density at radius 3 is 2.31 bits per heavy atom. The van der Waals surface area contributed by atoms with Crippen molar-refractivity contribution in [2.24, 2.45) is 5.41 Å². The van der Waals surface area contributed by atoms with Crippen molar-refractivity contribution < 1.29 is 5.11 Å². The molecule has 76 valence electrons. The van der Waals surface area contributed by atoms with Crippen LogP contribution in [0.1, 0.15) is 64.2 Å². The van der Waals surface area contributed by atoms with Crippen LogP contribution in [0, 0.1) is 5.41 Å². The van der Waals surface area contributed by atoms with E-state index >= 15 is 0 Å². The molecule has 0 saturated heterocycles. The Kier molecular flexibility index (Phi) is 2.92. The minimum Gasteiger partial charge on any atom is -0.393 e. The van der Waals surface area contributed by atoms with Crippen LogP contribution in [0.3, 0.4) is 0 Å². The minimum absolute atomic E-state index is 0.0144. The van der Waals surface area contributed by atoms with Gasteiger partial charge in [-0.15, -0.1) is 0 Å². The molecule has 0 amide bonds. The zero-order valence-electron chi connectivity index (χ0n) is 8.60. The molecule has 0 aromatic carbocycles. The van der Waals surface area contributed by atoms with E-state index in [9.17, 15) is 5.11 Å². The Balaban J connectivity index is 1.84. The lowest BCUT2D eigenvalue weighted by atomic mass is 9.88. The molecule has 2 fully saturated rings. The summed E-state index contributed by atoms with van der Waals surface area (Å²) in [6, 6.07) is 0. The second kappa shape index (κ2) is 4.00. The van der Waals surface area contributed by atoms with Crippen LogP contribution in [0.4, 0.5) is 0 Å². The summed E-state index contributed by atoms with van der Waals surface area (Å²) in [5.74, 6) is 0. The Morgan fingerprint density at radius 1 is 0.846 bits per heavy atom. The molecule has 0 aliphatic heterocycles. The van der Waals surface area contributed by atoms with Gasteiger partial charge in [0.15, 0.2) is 0 Å². The molecular formula is C12H22O. The summed E-state index contributed by atoms with van der Waals surface area (Å²) in [6.45, 7) is 0. The lowest BCUT2D eigenvalue weighted by Crippen LogP contribution is -2.15. The highest BCUT2D eigenvalue weighted by atomic mass is 16.3. The van der Waals surface area contributed by atoms with Gasteiger partial charge in [-0.3, -0.25) is 0 Å². The first-order chi connectivity index (χ1) is 6.31. The summed E-state index contributed by atoms with van der Waals surface area (Å²) >= 11 is 0. The molecular weight excluding hydrogens is 160 g/mol. The van der Waals surface area contributed by atoms with Crippen molar-refractivity contribution in [3.8, 4) is 0 Å². The first-order valence-corrected chi connectivity index (χ1v) is 5.99. The van der Waals surface area contributed by atoms with Gasteiger partial charge in [-0.1, -0.05) is 32.1 Å². The molecule has 1 heteroatoms. The van der Waals surface area contributed by atoms with E-state index in [1.807, 2.05) is 0 Å². The van der Waals surface area contributed by atoms with Crippen molar-refractivity contribution in [2.75, 3.05) is 0 Å². The Morgan fingerprint density at radius 2 is 1.54 bits per heavy atom. The fourth-order valence-corrected chi connectivity index (χ4v) is 2.75. The highest BCUT2D eigenvalue weighted by Gasteiger charge is 2.42. The van der Waals surface area contributed by atoms with Crippen LogP contribution < -0.4 is 0 Å². The van der Waals surface area contributed by atoms with Gasteiger partial charge in [0.25, 0.3) is 0 Å². The van der Waals surface area contributed by atoms with Gasteiger partial charge >= 0.3 is 0 Å². The highest BCUT2D eigenvalue weighted by molar-refractivity contribution is 4.94. The van der Waals surface area contributed by atoms with Crippen LogP contribution in [0.15, 0.2) is 0 Å². The van der Waals surface area contributed by atoms with Crippen LogP contribution in [0.2, 0.25) is 0 Å². The topological polar surface area (TPSA) is 20.2 Å². The summed E-state index contributed by atoms with van der Waals surface area (Å²) in [5, 5.41) is 9.81. The fourth-order valence-electron chi connectivity index (χ4n) is 2.75. The van der Waals surface area contributed by atoms with E-state index in [2.05, 4.69) is 0 Å². The average molecular weight is 182 g/mol. The molecule has 0 aromatic heterocycles. The van der Waals surface area contributed by atoms with Gasteiger partial charge in [0.1, 0.15) is 0 Å². The summed E-state index contributed by atoms with van der Waals surface area (Å²) in [4.78, 5) is 0. The SMILES string of the molecule is OC1CCCCCCCC2(CC2)C1. The van der Waals surface area contributed by atoms with Crippen molar-refractivity contribution in [1.82, 2.24) is 0 Å². The maximum Gasteiger partial charge on any atom is 0.0545 e. The summed E-state index contributed by atoms with van der Waals surface area (Å²) in [6.07, 6.45) is 13.2. The molecule has 1 spiro atoms. The van der Waals surface area contributed by atoms with E-state index in [1.165, 1.54) is 51.4 Å². The van der Waals surface area contributed by atoms with Crippen molar-refractivity contribution >= 4 is 0 Å². The molecule has 2 aliphatic carbocycles. The summed E-state index contributed by atoms with van der Waals surface area (Å²) in [5.41, 5.74) is 0.608. The second-order valence-electron chi connectivity index (χ2n) is 5.16. The third-order valence-electron chi connectivity index (χ3n) is 3.87. The van der Waals surface area contributed by atoms with Gasteiger partial charge in [-0.05, 0) is 37.5 Å². The van der Waals surface area contributed by atoms with Crippen molar-refractivity contribution in [1.29, 1.82) is 0 Å². The maximum atomic E-state index is 9.81. The van der Waals surface area contributed by atoms with Gasteiger partial charge in [-0.2, -0.15) is 0 Å². The molecule has 2 saturated carbocycles. The van der Waals surface area contributed by atoms with Crippen LogP contribution in [0.5, 0.6) is 0 Å². The molecule has 0 aromatic rings. The van der Waals surface area contributed by atoms with Crippen molar-refractivity contribution in [3.05, 3.63) is 0 Å². The molecule has 1 N–H and O–H groups in total. The average Bonchev–Trinajstić information content (AvgIpc) is 2.84. The van der Waals surface area contributed by atoms with Gasteiger partial charge < -0.3 is 5.11 Å². The van der Waals surface area contributed by atoms with E-state index in [-0.39, 0.29) is 6.10 Å². The molecule has 0 bridgehead atoms. The molecule has 2 rings (SSSR count). The first kappa shape index (κ1) is 9.51. The molecule has 0 heterocycles. The van der Waals surface area contributed by atoms with Crippen LogP contribution >= 0.6 is 0 Å². The van der Waals surface area contributed by atoms with E-state index < -0.39 is 0 Å². The largest absolute Gasteiger partial charge is 0.393 e. The van der Waals surface area contributed by atoms with Crippen molar-refractivity contribution in [2.45, 2.75) is 70.3 Å². The molecule has 1 atom stereocenters. The number of hydrogen-bond donors (Lipinski definition) is 1. The third-order valence-corrected chi connectivity index (χ3v) is 3.87. The summed E-state index contributed by atoms with van der Waals surface area (Å²) < 4.78 is 0. The van der Waals surface area contributed by atoms with Crippen LogP contribution in [-0.4, -0.2) is 11.2 Å². The Bertz CT molecular complexity index is 161. The highest BCUT2D eigenvalue weighted by Crippen LogP contribution is 2.54. The van der Waals surface area contributed by atoms with E-state index in [4.69, 9.17) is 0 Å². The second-order valence-corrected chi connectivity index (χ2v) is 5.16. The van der Waals surface area contributed by atoms with Gasteiger partial charge in [-0.25, -0.2) is 0 Å². The molecule has 13 heavy (non-hydrogen) atoms. The van der Waals surface area contributed by atoms with Crippen molar-refractivity contribution in [3.63, 3.8) is 0 Å². The zero-order chi connectivity index (χ0) is 9.15. The third kappa shape index (κ3) is 2.70. The Labute approximate surface area is 81.5 Å². The monoisotopic (exact) mass is 182 g/mol. The van der Waals surface area contributed by atoms with Crippen LogP contribution in [-0.2, 0) is 0 Å². The lowest BCUT2D eigenvalue weighted by molar-refractivity contribution is 0.117. The lowest BCUT2D eigenvalue weighted by Gasteiger charge is -2.20. The molecule has 0 radical (unpaired) electrons. The number of aliphatic hydroxyl groups excluding tert-OH is 1. The molecule has 1 nitrogen and oxygen atoms in total. The van der Waals surface area contributed by atoms with E-state index in [1.54, 1.807) is 0 Å². The predicted octanol–water partition coefficient (Wildman–Crippen LogP) is 3.26. The predicted molar refractivity (Wildman–Crippen MR) is 54.6 cm³/mol. The Hall–Kier alpha value is -0.0400. The normalized spacial score (nSPS) is 34.4. The van der Waals surface area contributed by atoms with Gasteiger partial charge in [0.05, 0.1) is 6.10 Å². The number of aliphatic hydroxyl groups is 1. The smallest absolute Gasteiger partial charge is 0.0545 e. The van der Waals surface area contributed by atoms with E-state index in [0.717, 1.165) is 12.8 Å². The first-order valence-electron chi connectivity index (χ1n) is 5.99. The number of hydrogen-bond acceptors (Lipinski definition) is 1. The molecule has 1 unspecified atom stereocenters. The van der Waals surface area contributed by atoms with Crippen LogP contribution in [0.25, 0.3) is 0 Å². The quantitative estimate of drug-likeness (QED) is 0.609. The van der Waals surface area contributed by atoms with Gasteiger partial charge in [0, 0.05) is 0 Å². The van der Waals surface area contributed by atoms with Gasteiger partial charge in [0.2, 0.25) is 0 Å². The van der Waals surface area contributed by atoms with E-state index in [0.29, 0.717) is 5.41 Å². The standard InChI is InChI=1S/C12H22O/c13-11-6-4-2-1-3-5-7-12(10-11)8-9-12/h11,13H,1-10H2. The molecule has 2 aliphatic rings. The number of rotatable bonds is 0. The zero-order valence-corrected chi connectivity index (χ0v) is 8.60. The maximum absolute atomic E-state index is 9.81. The fraction of sp³-hybridized carbons (Fsp3) is 1.00. The summed E-state index contributed by atoms with van der Waals surface area (Å²) in [7, 11) is 0.